The van der Waals surface area contributed by atoms with Gasteiger partial charge >= 0.3 is 12.1 Å². The number of pyridine rings is 1. The van der Waals surface area contributed by atoms with Gasteiger partial charge in [-0.25, -0.2) is 14.6 Å². The molecule has 3 aromatic rings. The summed E-state index contributed by atoms with van der Waals surface area (Å²) < 4.78 is 17.6. The van der Waals surface area contributed by atoms with Crippen molar-refractivity contribution in [3.63, 3.8) is 0 Å². The summed E-state index contributed by atoms with van der Waals surface area (Å²) in [5.41, 5.74) is -1.15. The maximum Gasteiger partial charge on any atom is 0.408 e. The summed E-state index contributed by atoms with van der Waals surface area (Å²) in [6, 6.07) is 14.9. The van der Waals surface area contributed by atoms with Crippen LogP contribution in [0, 0.1) is 10.8 Å². The summed E-state index contributed by atoms with van der Waals surface area (Å²) in [5.74, 6) is -0.990. The Labute approximate surface area is 291 Å². The van der Waals surface area contributed by atoms with E-state index in [1.807, 2.05) is 75.4 Å². The number of nitrogens with one attached hydrogen (secondary N) is 2. The molecular weight excluding hydrogens is 640 g/mol. The van der Waals surface area contributed by atoms with Gasteiger partial charge in [0.15, 0.2) is 0 Å². The number of rotatable bonds is 9. The molecule has 1 aromatic heterocycles. The summed E-state index contributed by atoms with van der Waals surface area (Å²) in [5, 5.41) is 16.4. The van der Waals surface area contributed by atoms with Gasteiger partial charge in [-0.1, -0.05) is 51.1 Å². The average molecular weight is 687 g/mol. The summed E-state index contributed by atoms with van der Waals surface area (Å²) in [7, 11) is 1.58. The van der Waals surface area contributed by atoms with E-state index in [1.165, 1.54) is 4.90 Å². The highest BCUT2D eigenvalue weighted by molar-refractivity contribution is 5.97. The van der Waals surface area contributed by atoms with E-state index in [9.17, 15) is 24.3 Å². The Morgan fingerprint density at radius 3 is 2.28 bits per heavy atom. The number of carbonyl (C=O) groups excluding carboxylic acids is 3. The molecular formula is C38H46N4O8. The van der Waals surface area contributed by atoms with Crippen LogP contribution in [-0.2, 0) is 19.1 Å². The van der Waals surface area contributed by atoms with Crippen LogP contribution in [0.15, 0.2) is 54.6 Å². The van der Waals surface area contributed by atoms with Crippen molar-refractivity contribution in [1.82, 2.24) is 20.5 Å². The zero-order valence-electron chi connectivity index (χ0n) is 29.7. The van der Waals surface area contributed by atoms with E-state index in [1.54, 1.807) is 27.9 Å². The first-order valence-electron chi connectivity index (χ1n) is 17.0. The van der Waals surface area contributed by atoms with Crippen molar-refractivity contribution in [2.75, 3.05) is 13.7 Å². The fourth-order valence-corrected chi connectivity index (χ4v) is 7.00. The second kappa shape index (κ2) is 12.5. The predicted octanol–water partition coefficient (Wildman–Crippen LogP) is 5.32. The Hall–Kier alpha value is -4.87. The van der Waals surface area contributed by atoms with Crippen LogP contribution in [0.5, 0.6) is 11.5 Å². The summed E-state index contributed by atoms with van der Waals surface area (Å²) in [4.78, 5) is 60.2. The molecule has 2 saturated carbocycles. The first-order valence-corrected chi connectivity index (χ1v) is 17.0. The van der Waals surface area contributed by atoms with E-state index in [4.69, 9.17) is 19.2 Å². The van der Waals surface area contributed by atoms with E-state index in [-0.39, 0.29) is 13.0 Å². The molecule has 3 aliphatic rings. The number of hydrogen-bond acceptors (Lipinski definition) is 8. The van der Waals surface area contributed by atoms with E-state index in [0.717, 1.165) is 18.4 Å². The number of carboxylic acids is 1. The topological polar surface area (TPSA) is 156 Å². The maximum atomic E-state index is 14.5. The summed E-state index contributed by atoms with van der Waals surface area (Å²) >= 11 is 0. The molecule has 3 fully saturated rings. The third-order valence-electron chi connectivity index (χ3n) is 9.90. The van der Waals surface area contributed by atoms with Crippen LogP contribution in [-0.4, -0.2) is 81.8 Å². The first-order chi connectivity index (χ1) is 23.4. The molecule has 12 heteroatoms. The zero-order valence-corrected chi connectivity index (χ0v) is 29.7. The summed E-state index contributed by atoms with van der Waals surface area (Å²) in [6.07, 6.45) is 0.515. The largest absolute Gasteiger partial charge is 0.497 e. The molecule has 12 nitrogen and oxygen atoms in total. The number of alkyl carbamates (subject to hydrolysis) is 1. The van der Waals surface area contributed by atoms with Crippen molar-refractivity contribution in [2.45, 2.75) is 96.6 Å². The van der Waals surface area contributed by atoms with Gasteiger partial charge in [-0.3, -0.25) is 9.59 Å². The highest BCUT2D eigenvalue weighted by atomic mass is 16.6. The molecule has 0 radical (unpaired) electrons. The lowest BCUT2D eigenvalue weighted by atomic mass is 9.85. The molecule has 4 unspecified atom stereocenters. The molecule has 3 N–H and O–H groups in total. The molecule has 2 aliphatic carbocycles. The highest BCUT2D eigenvalue weighted by Gasteiger charge is 2.79. The Bertz CT molecular complexity index is 1830. The lowest BCUT2D eigenvalue weighted by Gasteiger charge is -2.35. The van der Waals surface area contributed by atoms with Gasteiger partial charge in [-0.05, 0) is 57.6 Å². The van der Waals surface area contributed by atoms with Gasteiger partial charge in [0, 0.05) is 34.9 Å². The SMILES string of the molecule is COc1ccc2c(OC3CC(C(=O)NC4(C(=O)O)CC45CC5)N(C(=O)C(NC(=O)OC(C)(C)C)C(C)(C)C)C3)cc(-c3ccccc3)nc2c1. The van der Waals surface area contributed by atoms with Gasteiger partial charge in [-0.15, -0.1) is 0 Å². The molecule has 1 spiro atoms. The van der Waals surface area contributed by atoms with Crippen molar-refractivity contribution in [3.8, 4) is 22.8 Å². The molecule has 2 heterocycles. The quantitative estimate of drug-likeness (QED) is 0.271. The minimum atomic E-state index is -1.35. The molecule has 1 saturated heterocycles. The number of methoxy groups -OCH3 is 1. The molecule has 0 bridgehead atoms. The fourth-order valence-electron chi connectivity index (χ4n) is 7.00. The van der Waals surface area contributed by atoms with Gasteiger partial charge in [0.2, 0.25) is 11.8 Å². The van der Waals surface area contributed by atoms with Gasteiger partial charge in [0.05, 0.1) is 24.9 Å². The van der Waals surface area contributed by atoms with Crippen LogP contribution in [0.4, 0.5) is 4.79 Å². The second-order valence-corrected chi connectivity index (χ2v) is 15.8. The number of aliphatic carboxylic acids is 1. The Morgan fingerprint density at radius 1 is 1.00 bits per heavy atom. The lowest BCUT2D eigenvalue weighted by molar-refractivity contribution is -0.146. The van der Waals surface area contributed by atoms with Gasteiger partial charge in [-0.2, -0.15) is 0 Å². The molecule has 4 atom stereocenters. The smallest absolute Gasteiger partial charge is 0.408 e. The fraction of sp³-hybridized carbons (Fsp3) is 0.500. The Morgan fingerprint density at radius 2 is 1.70 bits per heavy atom. The minimum Gasteiger partial charge on any atom is -0.497 e. The Kier molecular flexibility index (Phi) is 8.72. The Balaban J connectivity index is 1.34. The van der Waals surface area contributed by atoms with Gasteiger partial charge < -0.3 is 34.9 Å². The average Bonchev–Trinajstić information content (AvgIpc) is 3.91. The number of hydrogen-bond donors (Lipinski definition) is 3. The number of carbonyl (C=O) groups is 4. The molecule has 1 aliphatic heterocycles. The van der Waals surface area contributed by atoms with Gasteiger partial charge in [0.1, 0.15) is 40.8 Å². The van der Waals surface area contributed by atoms with Crippen LogP contribution in [0.25, 0.3) is 22.2 Å². The molecule has 266 valence electrons. The number of benzene rings is 2. The molecule has 3 amide bonds. The standard InChI is InChI=1S/C38H46N4O8/c1-35(2,3)30(40-34(47)50-36(4,5)6)32(44)42-20-24(18-28(42)31(43)41-38(33(45)46)21-37(38)15-16-37)49-29-19-26(22-11-9-8-10-12-22)39-27-17-23(48-7)13-14-25(27)29/h8-14,17,19,24,28,30H,15-16,18,20-21H2,1-7H3,(H,40,47)(H,41,43)(H,45,46). The van der Waals surface area contributed by atoms with Gasteiger partial charge in [0.25, 0.3) is 0 Å². The number of fused-ring (bicyclic) bond motifs is 1. The van der Waals surface area contributed by atoms with E-state index < -0.39 is 64.0 Å². The number of aromatic nitrogens is 1. The van der Waals surface area contributed by atoms with E-state index >= 15 is 0 Å². The van der Waals surface area contributed by atoms with Crippen LogP contribution in [0.2, 0.25) is 0 Å². The third kappa shape index (κ3) is 6.80. The zero-order chi connectivity index (χ0) is 36.2. The highest BCUT2D eigenvalue weighted by Crippen LogP contribution is 2.73. The van der Waals surface area contributed by atoms with Crippen molar-refractivity contribution in [3.05, 3.63) is 54.6 Å². The van der Waals surface area contributed by atoms with Crippen molar-refractivity contribution in [2.24, 2.45) is 10.8 Å². The maximum absolute atomic E-state index is 14.5. The van der Waals surface area contributed by atoms with Crippen LogP contribution >= 0.6 is 0 Å². The lowest BCUT2D eigenvalue weighted by Crippen LogP contribution is -2.59. The number of ether oxygens (including phenoxy) is 3. The molecule has 50 heavy (non-hydrogen) atoms. The van der Waals surface area contributed by atoms with E-state index in [2.05, 4.69) is 10.6 Å². The first kappa shape index (κ1) is 35.0. The summed E-state index contributed by atoms with van der Waals surface area (Å²) in [6.45, 7) is 10.7. The number of likely N-dealkylation sites (tertiary alicyclic amines) is 1. The van der Waals surface area contributed by atoms with E-state index in [0.29, 0.717) is 34.5 Å². The predicted molar refractivity (Wildman–Crippen MR) is 186 cm³/mol. The minimum absolute atomic E-state index is 0.0192. The monoisotopic (exact) mass is 686 g/mol. The number of nitrogens with zero attached hydrogens (tertiary/aromatic N) is 2. The normalized spacial score (nSPS) is 22.8. The van der Waals surface area contributed by atoms with Crippen LogP contribution < -0.4 is 20.1 Å². The molecule has 6 rings (SSSR count). The van der Waals surface area contributed by atoms with Crippen LogP contribution in [0.1, 0.15) is 67.2 Å². The second-order valence-electron chi connectivity index (χ2n) is 15.8. The number of amides is 3. The van der Waals surface area contributed by atoms with Crippen molar-refractivity contribution < 1.29 is 38.5 Å². The van der Waals surface area contributed by atoms with Crippen molar-refractivity contribution in [1.29, 1.82) is 0 Å². The molecule has 2 aromatic carbocycles. The third-order valence-corrected chi connectivity index (χ3v) is 9.90. The van der Waals surface area contributed by atoms with Crippen LogP contribution in [0.3, 0.4) is 0 Å². The number of carboxylic acid groups (broad SMARTS) is 1. The van der Waals surface area contributed by atoms with Crippen molar-refractivity contribution >= 4 is 34.8 Å².